The Morgan fingerprint density at radius 1 is 0.911 bits per heavy atom. The molecule has 2 amide bonds. The Bertz CT molecular complexity index is 1900. The summed E-state index contributed by atoms with van der Waals surface area (Å²) in [7, 11) is 3.14. The van der Waals surface area contributed by atoms with Crippen molar-refractivity contribution >= 4 is 46.0 Å². The molecule has 9 nitrogen and oxygen atoms in total. The summed E-state index contributed by atoms with van der Waals surface area (Å²) >= 11 is 6.15. The molecule has 45 heavy (non-hydrogen) atoms. The van der Waals surface area contributed by atoms with Crippen molar-refractivity contribution in [1.82, 2.24) is 14.5 Å². The maximum absolute atomic E-state index is 14.3. The van der Waals surface area contributed by atoms with E-state index in [1.807, 2.05) is 86.0 Å². The molecule has 0 spiro atoms. The lowest BCUT2D eigenvalue weighted by molar-refractivity contribution is -0.126. The topological polar surface area (TPSA) is 98.6 Å². The van der Waals surface area contributed by atoms with E-state index in [1.165, 1.54) is 6.33 Å². The third-order valence-corrected chi connectivity index (χ3v) is 8.87. The van der Waals surface area contributed by atoms with Crippen LogP contribution >= 0.6 is 11.6 Å². The normalized spacial score (nSPS) is 16.6. The molecular formula is C35H34ClN5O4. The van der Waals surface area contributed by atoms with Gasteiger partial charge in [-0.25, -0.2) is 9.97 Å². The van der Waals surface area contributed by atoms with E-state index < -0.39 is 12.0 Å². The van der Waals surface area contributed by atoms with Crippen molar-refractivity contribution in [3.8, 4) is 17.2 Å². The maximum atomic E-state index is 14.3. The van der Waals surface area contributed by atoms with E-state index in [0.29, 0.717) is 34.4 Å². The zero-order chi connectivity index (χ0) is 31.8. The zero-order valence-electron chi connectivity index (χ0n) is 25.8. The number of aryl methyl sites for hydroxylation is 2. The zero-order valence-corrected chi connectivity index (χ0v) is 26.6. The summed E-state index contributed by atoms with van der Waals surface area (Å²) in [4.78, 5) is 38.8. The summed E-state index contributed by atoms with van der Waals surface area (Å²) in [6.07, 6.45) is 2.04. The number of hydrogen-bond acceptors (Lipinski definition) is 6. The second-order valence-corrected chi connectivity index (χ2v) is 11.7. The molecule has 3 aromatic carbocycles. The first-order valence-electron chi connectivity index (χ1n) is 14.7. The van der Waals surface area contributed by atoms with Crippen LogP contribution in [0.1, 0.15) is 41.3 Å². The molecule has 0 radical (unpaired) electrons. The summed E-state index contributed by atoms with van der Waals surface area (Å²) in [5.41, 5.74) is 6.05. The molecule has 3 heterocycles. The summed E-state index contributed by atoms with van der Waals surface area (Å²) in [5, 5.41) is 4.52. The van der Waals surface area contributed by atoms with Gasteiger partial charge in [0, 0.05) is 28.5 Å². The molecule has 2 aromatic heterocycles. The van der Waals surface area contributed by atoms with Crippen LogP contribution in [0.3, 0.4) is 0 Å². The molecule has 2 unspecified atom stereocenters. The van der Waals surface area contributed by atoms with Crippen LogP contribution in [-0.2, 0) is 9.59 Å². The number of anilines is 2. The molecule has 1 fully saturated rings. The Morgan fingerprint density at radius 2 is 1.60 bits per heavy atom. The number of aromatic nitrogens is 3. The van der Waals surface area contributed by atoms with E-state index in [4.69, 9.17) is 21.1 Å². The Labute approximate surface area is 266 Å². The second-order valence-electron chi connectivity index (χ2n) is 11.2. The lowest BCUT2D eigenvalue weighted by atomic mass is 9.83. The first kappa shape index (κ1) is 30.1. The molecular weight excluding hydrogens is 590 g/mol. The number of nitrogens with zero attached hydrogens (tertiary/aromatic N) is 4. The molecule has 1 N–H and O–H groups in total. The van der Waals surface area contributed by atoms with Crippen molar-refractivity contribution < 1.29 is 19.1 Å². The number of methoxy groups -OCH3 is 2. The molecule has 1 aliphatic rings. The van der Waals surface area contributed by atoms with Gasteiger partial charge in [0.05, 0.1) is 31.6 Å². The van der Waals surface area contributed by atoms with Crippen molar-refractivity contribution in [2.24, 2.45) is 5.92 Å². The predicted molar refractivity (Wildman–Crippen MR) is 176 cm³/mol. The lowest BCUT2D eigenvalue weighted by Gasteiger charge is -2.41. The average Bonchev–Trinajstić information content (AvgIpc) is 3.31. The van der Waals surface area contributed by atoms with Crippen molar-refractivity contribution in [3.05, 3.63) is 100 Å². The molecule has 6 rings (SSSR count). The van der Waals surface area contributed by atoms with E-state index in [-0.39, 0.29) is 18.2 Å². The Kier molecular flexibility index (Phi) is 8.20. The van der Waals surface area contributed by atoms with E-state index >= 15 is 0 Å². The molecule has 1 saturated heterocycles. The molecule has 10 heteroatoms. The molecule has 2 atom stereocenters. The number of fused-ring (bicyclic) bond motifs is 1. The molecule has 0 bridgehead atoms. The number of carbonyl (C=O) groups is 2. The van der Waals surface area contributed by atoms with Gasteiger partial charge < -0.3 is 19.7 Å². The number of piperidine rings is 1. The number of nitrogens with one attached hydrogen (secondary N) is 1. The highest BCUT2D eigenvalue weighted by molar-refractivity contribution is 6.30. The van der Waals surface area contributed by atoms with Crippen LogP contribution in [0.25, 0.3) is 16.7 Å². The monoisotopic (exact) mass is 623 g/mol. The number of ether oxygens (including phenoxy) is 2. The van der Waals surface area contributed by atoms with Gasteiger partial charge in [0.25, 0.3) is 0 Å². The standard InChI is InChI=1S/C35H34ClN5O4/c1-20-6-11-26(12-7-20)41-30(42)17-15-27(32(41)23-8-16-28(44-4)29(18-23)45-5)35(43)39-33-31-21(2)22(3)40(34(31)38-19-37-33)25-13-9-24(36)10-14-25/h6-14,16,18-19,27,32H,15,17H2,1-5H3,(H,37,38,39,43). The quantitative estimate of drug-likeness (QED) is 0.207. The van der Waals surface area contributed by atoms with Gasteiger partial charge in [-0.2, -0.15) is 0 Å². The van der Waals surface area contributed by atoms with E-state index in [1.54, 1.807) is 25.2 Å². The molecule has 0 saturated carbocycles. The van der Waals surface area contributed by atoms with Gasteiger partial charge in [-0.1, -0.05) is 35.4 Å². The second kappa shape index (κ2) is 12.2. The highest BCUT2D eigenvalue weighted by Crippen LogP contribution is 2.43. The van der Waals surface area contributed by atoms with Crippen LogP contribution in [0.4, 0.5) is 11.5 Å². The summed E-state index contributed by atoms with van der Waals surface area (Å²) in [6, 6.07) is 20.2. The van der Waals surface area contributed by atoms with Crippen molar-refractivity contribution in [2.45, 2.75) is 39.7 Å². The Balaban J connectivity index is 1.43. The smallest absolute Gasteiger partial charge is 0.231 e. The summed E-state index contributed by atoms with van der Waals surface area (Å²) < 4.78 is 13.1. The van der Waals surface area contributed by atoms with E-state index in [2.05, 4.69) is 15.3 Å². The first-order valence-corrected chi connectivity index (χ1v) is 15.1. The number of hydrogen-bond donors (Lipinski definition) is 1. The average molecular weight is 624 g/mol. The van der Waals surface area contributed by atoms with Crippen LogP contribution in [0.2, 0.25) is 5.02 Å². The number of halogens is 1. The molecule has 1 aliphatic heterocycles. The summed E-state index contributed by atoms with van der Waals surface area (Å²) in [6.45, 7) is 6.00. The highest BCUT2D eigenvalue weighted by Gasteiger charge is 2.42. The van der Waals surface area contributed by atoms with E-state index in [9.17, 15) is 9.59 Å². The van der Waals surface area contributed by atoms with Gasteiger partial charge in [-0.15, -0.1) is 0 Å². The number of rotatable bonds is 7. The SMILES string of the molecule is COc1ccc(C2C(C(=O)Nc3ncnc4c3c(C)c(C)n4-c3ccc(Cl)cc3)CCC(=O)N2c2ccc(C)cc2)cc1OC. The van der Waals surface area contributed by atoms with Crippen LogP contribution in [0.15, 0.2) is 73.1 Å². The molecule has 5 aromatic rings. The molecule has 230 valence electrons. The predicted octanol–water partition coefficient (Wildman–Crippen LogP) is 7.14. The molecule has 0 aliphatic carbocycles. The fourth-order valence-electron chi connectivity index (χ4n) is 6.20. The highest BCUT2D eigenvalue weighted by atomic mass is 35.5. The Morgan fingerprint density at radius 3 is 2.29 bits per heavy atom. The number of carbonyl (C=O) groups excluding carboxylic acids is 2. The van der Waals surface area contributed by atoms with Gasteiger partial charge in [0.15, 0.2) is 17.1 Å². The fourth-order valence-corrected chi connectivity index (χ4v) is 6.33. The third kappa shape index (κ3) is 5.48. The number of amides is 2. The van der Waals surface area contributed by atoms with Gasteiger partial charge in [0.1, 0.15) is 12.1 Å². The minimum absolute atomic E-state index is 0.0568. The lowest BCUT2D eigenvalue weighted by Crippen LogP contribution is -2.47. The Hall–Kier alpha value is -4.89. The van der Waals surface area contributed by atoms with E-state index in [0.717, 1.165) is 39.1 Å². The largest absolute Gasteiger partial charge is 0.493 e. The van der Waals surface area contributed by atoms with Gasteiger partial charge in [0.2, 0.25) is 11.8 Å². The number of benzene rings is 3. The van der Waals surface area contributed by atoms with Crippen molar-refractivity contribution in [3.63, 3.8) is 0 Å². The van der Waals surface area contributed by atoms with Gasteiger partial charge >= 0.3 is 0 Å². The fraction of sp³-hybridized carbons (Fsp3) is 0.257. The maximum Gasteiger partial charge on any atom is 0.231 e. The third-order valence-electron chi connectivity index (χ3n) is 8.61. The van der Waals surface area contributed by atoms with Crippen molar-refractivity contribution in [1.29, 1.82) is 0 Å². The van der Waals surface area contributed by atoms with Crippen LogP contribution < -0.4 is 19.7 Å². The van der Waals surface area contributed by atoms with Gasteiger partial charge in [-0.3, -0.25) is 14.2 Å². The van der Waals surface area contributed by atoms with Gasteiger partial charge in [-0.05, 0) is 86.8 Å². The first-order chi connectivity index (χ1) is 21.7. The van der Waals surface area contributed by atoms with Crippen molar-refractivity contribution in [2.75, 3.05) is 24.4 Å². The van der Waals surface area contributed by atoms with Crippen LogP contribution in [0, 0.1) is 26.7 Å². The minimum atomic E-state index is -0.604. The summed E-state index contributed by atoms with van der Waals surface area (Å²) in [5.74, 6) is 0.609. The van der Waals surface area contributed by atoms with Crippen LogP contribution in [0.5, 0.6) is 11.5 Å². The minimum Gasteiger partial charge on any atom is -0.493 e. The van der Waals surface area contributed by atoms with Crippen LogP contribution in [-0.4, -0.2) is 40.6 Å².